The molecule has 0 aromatic rings. The topological polar surface area (TPSA) is 176 Å². The number of ether oxygens (including phenoxy) is 1. The first-order valence-electron chi connectivity index (χ1n) is 5.29. The molecule has 1 aliphatic heterocycles. The molecule has 0 saturated carbocycles. The normalized spacial score (nSPS) is 24.5. The Bertz CT molecular complexity index is 249. The first-order chi connectivity index (χ1) is 8.72. The summed E-state index contributed by atoms with van der Waals surface area (Å²) in [6.07, 6.45) is 2.50. The highest BCUT2D eigenvalue weighted by Crippen LogP contribution is 2.32. The van der Waals surface area contributed by atoms with E-state index in [-0.39, 0.29) is 24.9 Å². The van der Waals surface area contributed by atoms with Gasteiger partial charge in [0.1, 0.15) is 0 Å². The average molecular weight is 286 g/mol. The Hall–Kier alpha value is -1.72. The first-order valence-corrected chi connectivity index (χ1v) is 5.29. The summed E-state index contributed by atoms with van der Waals surface area (Å²) in [4.78, 5) is 16.7. The summed E-state index contributed by atoms with van der Waals surface area (Å²) < 4.78 is 5.50. The van der Waals surface area contributed by atoms with Crippen LogP contribution in [0.1, 0.15) is 26.2 Å². The molecule has 0 aliphatic carbocycles. The number of aliphatic hydroxyl groups is 2. The van der Waals surface area contributed by atoms with Crippen molar-refractivity contribution in [1.29, 1.82) is 0 Å². The molecule has 11 heteroatoms. The molecule has 0 aromatic heterocycles. The lowest BCUT2D eigenvalue weighted by atomic mass is 9.98. The van der Waals surface area contributed by atoms with Crippen LogP contribution in [0.3, 0.4) is 0 Å². The predicted molar refractivity (Wildman–Crippen MR) is 58.9 cm³/mol. The molecule has 1 fully saturated rings. The molecule has 19 heavy (non-hydrogen) atoms. The molecular formula is C8H18N2O9. The van der Waals surface area contributed by atoms with Crippen molar-refractivity contribution < 1.29 is 35.5 Å². The van der Waals surface area contributed by atoms with Crippen molar-refractivity contribution in [3.05, 3.63) is 20.2 Å². The Morgan fingerprint density at radius 1 is 1.26 bits per heavy atom. The van der Waals surface area contributed by atoms with E-state index in [1.54, 1.807) is 0 Å². The van der Waals surface area contributed by atoms with Gasteiger partial charge in [-0.05, 0) is 19.3 Å². The lowest BCUT2D eigenvalue weighted by Crippen LogP contribution is -2.33. The zero-order valence-electron chi connectivity index (χ0n) is 10.3. The molecule has 114 valence electrons. The summed E-state index contributed by atoms with van der Waals surface area (Å²) in [7, 11) is 0. The number of hydrogen-bond acceptors (Lipinski definition) is 7. The molecule has 4 N–H and O–H groups in total. The lowest BCUT2D eigenvalue weighted by Gasteiger charge is -2.25. The van der Waals surface area contributed by atoms with E-state index < -0.39 is 10.2 Å². The van der Waals surface area contributed by atoms with Crippen LogP contribution in [0.2, 0.25) is 0 Å². The quantitative estimate of drug-likeness (QED) is 0.397. The van der Waals surface area contributed by atoms with E-state index in [9.17, 15) is 0 Å². The second-order valence-corrected chi connectivity index (χ2v) is 3.63. The Morgan fingerprint density at radius 3 is 1.84 bits per heavy atom. The van der Waals surface area contributed by atoms with E-state index >= 15 is 0 Å². The van der Waals surface area contributed by atoms with Crippen molar-refractivity contribution in [3.63, 3.8) is 0 Å². The van der Waals surface area contributed by atoms with Gasteiger partial charge in [-0.3, -0.25) is 0 Å². The third-order valence-corrected chi connectivity index (χ3v) is 2.47. The van der Waals surface area contributed by atoms with Crippen LogP contribution in [0.15, 0.2) is 0 Å². The van der Waals surface area contributed by atoms with Crippen molar-refractivity contribution in [2.75, 3.05) is 13.2 Å². The van der Waals surface area contributed by atoms with Gasteiger partial charge in [-0.2, -0.15) is 0 Å². The van der Waals surface area contributed by atoms with E-state index in [0.29, 0.717) is 0 Å². The summed E-state index contributed by atoms with van der Waals surface area (Å²) >= 11 is 0. The Kier molecular flexibility index (Phi) is 10.6. The van der Waals surface area contributed by atoms with Crippen molar-refractivity contribution in [2.24, 2.45) is 0 Å². The Morgan fingerprint density at radius 2 is 1.68 bits per heavy atom. The fourth-order valence-corrected chi connectivity index (χ4v) is 1.51. The molecule has 1 rings (SSSR count). The molecule has 2 unspecified atom stereocenters. The Balaban J connectivity index is 0. The van der Waals surface area contributed by atoms with Gasteiger partial charge >= 0.3 is 0 Å². The van der Waals surface area contributed by atoms with Gasteiger partial charge in [0.15, 0.2) is 0 Å². The Labute approximate surface area is 108 Å². The third-order valence-electron chi connectivity index (χ3n) is 2.47. The van der Waals surface area contributed by atoms with Crippen LogP contribution < -0.4 is 0 Å². The van der Waals surface area contributed by atoms with Crippen molar-refractivity contribution in [1.82, 2.24) is 0 Å². The summed E-state index contributed by atoms with van der Waals surface area (Å²) in [6.45, 7) is 2.14. The number of rotatable bonds is 3. The standard InChI is InChI=1S/C8H16O3.2HNO3/c1-2-8(6-10)4-3-7(5-9)11-8;2*2-1(3)4/h7,9-10H,2-6H2,1H3;2*(H,2,3,4). The maximum atomic E-state index is 9.02. The van der Waals surface area contributed by atoms with Crippen LogP contribution in [0.4, 0.5) is 0 Å². The fraction of sp³-hybridized carbons (Fsp3) is 1.00. The monoisotopic (exact) mass is 286 g/mol. The molecular weight excluding hydrogens is 268 g/mol. The zero-order chi connectivity index (χ0) is 15.5. The minimum absolute atomic E-state index is 0.0536. The molecule has 1 saturated heterocycles. The van der Waals surface area contributed by atoms with Gasteiger partial charge in [-0.15, -0.1) is 20.2 Å². The van der Waals surface area contributed by atoms with Gasteiger partial charge in [0.05, 0.1) is 24.9 Å². The molecule has 1 aliphatic rings. The number of hydrogen-bond donors (Lipinski definition) is 4. The maximum absolute atomic E-state index is 9.02. The minimum atomic E-state index is -1.50. The van der Waals surface area contributed by atoms with Crippen molar-refractivity contribution in [3.8, 4) is 0 Å². The van der Waals surface area contributed by atoms with Gasteiger partial charge in [0.2, 0.25) is 0 Å². The van der Waals surface area contributed by atoms with Crippen LogP contribution in [-0.4, -0.2) is 55.7 Å². The van der Waals surface area contributed by atoms with E-state index in [4.69, 9.17) is 45.6 Å². The fourth-order valence-electron chi connectivity index (χ4n) is 1.51. The summed E-state index contributed by atoms with van der Waals surface area (Å²) in [5.74, 6) is 0. The number of nitrogens with zero attached hydrogens (tertiary/aromatic N) is 2. The zero-order valence-corrected chi connectivity index (χ0v) is 10.3. The number of aliphatic hydroxyl groups excluding tert-OH is 2. The summed E-state index contributed by atoms with van der Waals surface area (Å²) in [5.41, 5.74) is -0.354. The summed E-state index contributed by atoms with van der Waals surface area (Å²) in [5, 5.41) is 45.1. The molecule has 0 amide bonds. The van der Waals surface area contributed by atoms with Crippen LogP contribution in [0.25, 0.3) is 0 Å². The predicted octanol–water partition coefficient (Wildman–Crippen LogP) is -0.397. The van der Waals surface area contributed by atoms with E-state index in [2.05, 4.69) is 0 Å². The first kappa shape index (κ1) is 19.6. The van der Waals surface area contributed by atoms with Crippen LogP contribution in [0.5, 0.6) is 0 Å². The molecule has 0 radical (unpaired) electrons. The van der Waals surface area contributed by atoms with Gasteiger partial charge in [-0.25, -0.2) is 0 Å². The molecule has 0 bridgehead atoms. The highest BCUT2D eigenvalue weighted by molar-refractivity contribution is 4.86. The minimum Gasteiger partial charge on any atom is -0.394 e. The highest BCUT2D eigenvalue weighted by Gasteiger charge is 2.37. The van der Waals surface area contributed by atoms with E-state index in [0.717, 1.165) is 19.3 Å². The lowest BCUT2D eigenvalue weighted by molar-refractivity contribution is -0.742. The van der Waals surface area contributed by atoms with Gasteiger partial charge in [-0.1, -0.05) is 6.92 Å². The SMILES string of the molecule is CCC1(CO)CCC(CO)O1.O=[N+]([O-])O.O=[N+]([O-])O. The van der Waals surface area contributed by atoms with Gasteiger partial charge < -0.3 is 25.4 Å². The van der Waals surface area contributed by atoms with Crippen LogP contribution in [-0.2, 0) is 4.74 Å². The second-order valence-electron chi connectivity index (χ2n) is 3.63. The molecule has 11 nitrogen and oxygen atoms in total. The van der Waals surface area contributed by atoms with Gasteiger partial charge in [0.25, 0.3) is 10.2 Å². The van der Waals surface area contributed by atoms with Crippen molar-refractivity contribution in [2.45, 2.75) is 37.9 Å². The van der Waals surface area contributed by atoms with Crippen LogP contribution in [0, 0.1) is 20.2 Å². The molecule has 0 spiro atoms. The average Bonchev–Trinajstić information content (AvgIpc) is 2.72. The maximum Gasteiger partial charge on any atom is 0.291 e. The highest BCUT2D eigenvalue weighted by atomic mass is 16.9. The molecule has 0 aromatic carbocycles. The van der Waals surface area contributed by atoms with Gasteiger partial charge in [0, 0.05) is 0 Å². The molecule has 2 atom stereocenters. The molecule has 1 heterocycles. The third kappa shape index (κ3) is 11.1. The second kappa shape index (κ2) is 10.2. The van der Waals surface area contributed by atoms with Crippen LogP contribution >= 0.6 is 0 Å². The summed E-state index contributed by atoms with van der Waals surface area (Å²) in [6, 6.07) is 0. The van der Waals surface area contributed by atoms with E-state index in [1.165, 1.54) is 0 Å². The van der Waals surface area contributed by atoms with E-state index in [1.807, 2.05) is 6.92 Å². The smallest absolute Gasteiger partial charge is 0.291 e. The van der Waals surface area contributed by atoms with Crippen molar-refractivity contribution >= 4 is 0 Å². The largest absolute Gasteiger partial charge is 0.394 e.